The van der Waals surface area contributed by atoms with Gasteiger partial charge in [-0.05, 0) is 37.5 Å². The van der Waals surface area contributed by atoms with Gasteiger partial charge in [0.15, 0.2) is 0 Å². The molecule has 2 aliphatic carbocycles. The Kier molecular flexibility index (Phi) is 3.16. The molecule has 0 saturated heterocycles. The zero-order chi connectivity index (χ0) is 12.7. The zero-order valence-corrected chi connectivity index (χ0v) is 11.3. The second-order valence-electron chi connectivity index (χ2n) is 6.37. The number of amides is 1. The van der Waals surface area contributed by atoms with E-state index in [-0.39, 0.29) is 17.7 Å². The van der Waals surface area contributed by atoms with Crippen LogP contribution in [0.3, 0.4) is 0 Å². The van der Waals surface area contributed by atoms with E-state index in [1.54, 1.807) is 11.6 Å². The Labute approximate surface area is 109 Å². The molecular weight excluding hydrogens is 226 g/mol. The Bertz CT molecular complexity index is 388. The lowest BCUT2D eigenvalue weighted by Crippen LogP contribution is -2.36. The van der Waals surface area contributed by atoms with E-state index in [1.807, 2.05) is 0 Å². The van der Waals surface area contributed by atoms with Crippen molar-refractivity contribution in [1.82, 2.24) is 0 Å². The number of carbonyl (C=O) groups excluding carboxylic acids is 1. The molecule has 3 unspecified atom stereocenters. The van der Waals surface area contributed by atoms with Gasteiger partial charge in [0.2, 0.25) is 0 Å². The Hall–Kier alpha value is -0.860. The third kappa shape index (κ3) is 1.79. The lowest BCUT2D eigenvalue weighted by Gasteiger charge is -2.37. The van der Waals surface area contributed by atoms with Crippen LogP contribution >= 0.6 is 0 Å². The molecular formula is C15H24NO2+. The summed E-state index contributed by atoms with van der Waals surface area (Å²) < 4.78 is 1.57. The number of aliphatic hydroxyl groups is 1. The molecule has 0 aromatic carbocycles. The minimum absolute atomic E-state index is 0.173. The van der Waals surface area contributed by atoms with Gasteiger partial charge >= 0.3 is 11.8 Å². The minimum atomic E-state index is 0.173. The molecule has 0 bridgehead atoms. The van der Waals surface area contributed by atoms with E-state index < -0.39 is 0 Å². The van der Waals surface area contributed by atoms with Crippen LogP contribution in [0.15, 0.2) is 0 Å². The standard InChI is InChI=1S/C15H23NO2/c1-16-14(17)12-8-4-2-6-10(12)11-7-3-5-9-13(11)15(16)18/h10-13H,2-9H2,1H3/p+1/t10-,11?,12?,13?/m0/s1. The molecule has 1 aliphatic heterocycles. The van der Waals surface area contributed by atoms with Crippen LogP contribution in [0, 0.1) is 23.7 Å². The quantitative estimate of drug-likeness (QED) is 0.672. The van der Waals surface area contributed by atoms with Crippen molar-refractivity contribution in [2.45, 2.75) is 51.4 Å². The van der Waals surface area contributed by atoms with Crippen LogP contribution < -0.4 is 0 Å². The maximum atomic E-state index is 12.5. The Balaban J connectivity index is 2.00. The second-order valence-corrected chi connectivity index (χ2v) is 6.37. The van der Waals surface area contributed by atoms with Crippen LogP contribution in [0.5, 0.6) is 0 Å². The summed E-state index contributed by atoms with van der Waals surface area (Å²) in [5.41, 5.74) is 0. The van der Waals surface area contributed by atoms with Gasteiger partial charge in [-0.25, -0.2) is 4.79 Å². The average molecular weight is 250 g/mol. The minimum Gasteiger partial charge on any atom is -0.463 e. The molecule has 3 aliphatic rings. The van der Waals surface area contributed by atoms with Gasteiger partial charge in [0.25, 0.3) is 0 Å². The topological polar surface area (TPSA) is 40.3 Å². The predicted molar refractivity (Wildman–Crippen MR) is 69.7 cm³/mol. The van der Waals surface area contributed by atoms with Crippen molar-refractivity contribution in [3.63, 3.8) is 0 Å². The van der Waals surface area contributed by atoms with Crippen LogP contribution in [0.1, 0.15) is 51.4 Å². The van der Waals surface area contributed by atoms with Crippen LogP contribution in [-0.4, -0.2) is 28.5 Å². The van der Waals surface area contributed by atoms with E-state index in [0.717, 1.165) is 12.8 Å². The molecule has 0 spiro atoms. The van der Waals surface area contributed by atoms with E-state index in [2.05, 4.69) is 0 Å². The van der Waals surface area contributed by atoms with Crippen molar-refractivity contribution in [3.05, 3.63) is 0 Å². The Morgan fingerprint density at radius 3 is 2.11 bits per heavy atom. The highest BCUT2D eigenvalue weighted by atomic mass is 16.3. The zero-order valence-electron chi connectivity index (χ0n) is 11.3. The summed E-state index contributed by atoms with van der Waals surface area (Å²) >= 11 is 0. The first kappa shape index (κ1) is 12.2. The average Bonchev–Trinajstić information content (AvgIpc) is 2.51. The summed E-state index contributed by atoms with van der Waals surface area (Å²) in [4.78, 5) is 12.5. The van der Waals surface area contributed by atoms with Gasteiger partial charge in [-0.15, -0.1) is 4.58 Å². The molecule has 3 nitrogen and oxygen atoms in total. The molecule has 0 aromatic rings. The highest BCUT2D eigenvalue weighted by molar-refractivity contribution is 5.83. The van der Waals surface area contributed by atoms with Gasteiger partial charge in [0.05, 0.1) is 11.8 Å². The molecule has 0 radical (unpaired) electrons. The molecule has 1 heterocycles. The van der Waals surface area contributed by atoms with Gasteiger partial charge in [0.1, 0.15) is 7.05 Å². The number of hydrogen-bond donors (Lipinski definition) is 1. The van der Waals surface area contributed by atoms with Crippen molar-refractivity contribution in [3.8, 4) is 0 Å². The van der Waals surface area contributed by atoms with E-state index in [4.69, 9.17) is 0 Å². The monoisotopic (exact) mass is 250 g/mol. The first-order chi connectivity index (χ1) is 8.70. The van der Waals surface area contributed by atoms with Crippen molar-refractivity contribution >= 4 is 11.8 Å². The fourth-order valence-corrected chi connectivity index (χ4v) is 4.58. The number of carbonyl (C=O) groups is 1. The molecule has 1 N–H and O–H groups in total. The van der Waals surface area contributed by atoms with Crippen molar-refractivity contribution in [1.29, 1.82) is 0 Å². The van der Waals surface area contributed by atoms with Gasteiger partial charge < -0.3 is 5.11 Å². The summed E-state index contributed by atoms with van der Waals surface area (Å²) in [5, 5.41) is 10.4. The molecule has 0 aromatic heterocycles. The van der Waals surface area contributed by atoms with Crippen LogP contribution in [0.2, 0.25) is 0 Å². The molecule has 4 atom stereocenters. The molecule has 18 heavy (non-hydrogen) atoms. The van der Waals surface area contributed by atoms with Gasteiger partial charge in [-0.3, -0.25) is 0 Å². The first-order valence-electron chi connectivity index (χ1n) is 7.53. The highest BCUT2D eigenvalue weighted by Gasteiger charge is 2.50. The molecule has 3 heteroatoms. The largest absolute Gasteiger partial charge is 0.463 e. The molecule has 100 valence electrons. The van der Waals surface area contributed by atoms with E-state index in [0.29, 0.717) is 17.7 Å². The fraction of sp³-hybridized carbons (Fsp3) is 0.867. The third-order valence-corrected chi connectivity index (χ3v) is 5.51. The number of nitrogens with zero attached hydrogens (tertiary/aromatic N) is 1. The summed E-state index contributed by atoms with van der Waals surface area (Å²) in [6.07, 6.45) is 9.42. The smallest absolute Gasteiger partial charge is 0.392 e. The van der Waals surface area contributed by atoms with Crippen LogP contribution in [0.25, 0.3) is 0 Å². The molecule has 3 rings (SSSR count). The third-order valence-electron chi connectivity index (χ3n) is 5.51. The maximum absolute atomic E-state index is 12.5. The van der Waals surface area contributed by atoms with Crippen LogP contribution in [-0.2, 0) is 4.79 Å². The summed E-state index contributed by atoms with van der Waals surface area (Å²) in [6.45, 7) is 0. The van der Waals surface area contributed by atoms with E-state index in [1.165, 1.54) is 38.5 Å². The number of rotatable bonds is 0. The van der Waals surface area contributed by atoms with Crippen LogP contribution in [0.4, 0.5) is 0 Å². The SMILES string of the molecule is C[N+]1=C(O)C2CCCCC2[C@@H]2CCCCC2C1=O. The van der Waals surface area contributed by atoms with Crippen molar-refractivity contribution in [2.24, 2.45) is 23.7 Å². The molecule has 2 saturated carbocycles. The maximum Gasteiger partial charge on any atom is 0.392 e. The number of hydrogen-bond acceptors (Lipinski definition) is 1. The lowest BCUT2D eigenvalue weighted by atomic mass is 9.64. The summed E-state index contributed by atoms with van der Waals surface area (Å²) in [7, 11) is 1.76. The van der Waals surface area contributed by atoms with Crippen molar-refractivity contribution < 1.29 is 14.5 Å². The number of fused-ring (bicyclic) bond motifs is 3. The van der Waals surface area contributed by atoms with Gasteiger partial charge in [-0.1, -0.05) is 25.7 Å². The van der Waals surface area contributed by atoms with Gasteiger partial charge in [0, 0.05) is 0 Å². The Morgan fingerprint density at radius 1 is 0.944 bits per heavy atom. The fourth-order valence-electron chi connectivity index (χ4n) is 4.58. The normalized spacial score (nSPS) is 41.1. The van der Waals surface area contributed by atoms with Crippen molar-refractivity contribution in [2.75, 3.05) is 7.05 Å². The second kappa shape index (κ2) is 4.67. The summed E-state index contributed by atoms with van der Waals surface area (Å²) in [5.74, 6) is 2.05. The van der Waals surface area contributed by atoms with Gasteiger partial charge in [-0.2, -0.15) is 0 Å². The molecule has 1 amide bonds. The predicted octanol–water partition coefficient (Wildman–Crippen LogP) is 2.74. The molecule has 2 fully saturated rings. The Morgan fingerprint density at radius 2 is 1.44 bits per heavy atom. The number of aliphatic hydroxyl groups excluding tert-OH is 1. The first-order valence-corrected chi connectivity index (χ1v) is 7.53. The summed E-state index contributed by atoms with van der Waals surface area (Å²) in [6, 6.07) is 0. The highest BCUT2D eigenvalue weighted by Crippen LogP contribution is 2.46. The van der Waals surface area contributed by atoms with E-state index >= 15 is 0 Å². The van der Waals surface area contributed by atoms with E-state index in [9.17, 15) is 9.90 Å². The lowest BCUT2D eigenvalue weighted by molar-refractivity contribution is -0.433.